The fraction of sp³-hybridized carbons (Fsp3) is 0.500. The van der Waals surface area contributed by atoms with E-state index in [0.29, 0.717) is 17.5 Å². The highest BCUT2D eigenvalue weighted by Gasteiger charge is 2.35. The van der Waals surface area contributed by atoms with E-state index in [9.17, 15) is 14.3 Å². The highest BCUT2D eigenvalue weighted by molar-refractivity contribution is 5.69. The number of ether oxygens (including phenoxy) is 1. The van der Waals surface area contributed by atoms with Gasteiger partial charge in [-0.1, -0.05) is 12.1 Å². The van der Waals surface area contributed by atoms with E-state index in [1.54, 1.807) is 32.9 Å². The van der Waals surface area contributed by atoms with Crippen LogP contribution in [0.15, 0.2) is 18.2 Å². The number of halogens is 1. The van der Waals surface area contributed by atoms with Gasteiger partial charge in [-0.05, 0) is 32.4 Å². The second-order valence-electron chi connectivity index (χ2n) is 5.71. The van der Waals surface area contributed by atoms with Crippen LogP contribution >= 0.6 is 0 Å². The Labute approximate surface area is 111 Å². The van der Waals surface area contributed by atoms with Crippen molar-refractivity contribution in [1.82, 2.24) is 5.32 Å². The quantitative estimate of drug-likeness (QED) is 0.821. The summed E-state index contributed by atoms with van der Waals surface area (Å²) in [7, 11) is 0. The molecule has 2 rings (SSSR count). The number of amides is 1. The zero-order valence-corrected chi connectivity index (χ0v) is 11.2. The summed E-state index contributed by atoms with van der Waals surface area (Å²) in [6.45, 7) is 5.23. The normalized spacial score (nSPS) is 21.9. The first kappa shape index (κ1) is 13.8. The minimum Gasteiger partial charge on any atom is -0.444 e. The number of hydrogen-bond acceptors (Lipinski definition) is 3. The first-order valence-corrected chi connectivity index (χ1v) is 6.23. The van der Waals surface area contributed by atoms with Crippen molar-refractivity contribution >= 4 is 6.09 Å². The molecular formula is C14H18FNO3. The van der Waals surface area contributed by atoms with E-state index in [-0.39, 0.29) is 0 Å². The van der Waals surface area contributed by atoms with Gasteiger partial charge in [0.05, 0.1) is 12.1 Å². The highest BCUT2D eigenvalue weighted by Crippen LogP contribution is 2.33. The van der Waals surface area contributed by atoms with Crippen molar-refractivity contribution in [3.63, 3.8) is 0 Å². The molecule has 1 aromatic rings. The van der Waals surface area contributed by atoms with Crippen molar-refractivity contribution in [2.24, 2.45) is 0 Å². The van der Waals surface area contributed by atoms with Gasteiger partial charge in [0.25, 0.3) is 0 Å². The Morgan fingerprint density at radius 2 is 2.16 bits per heavy atom. The Morgan fingerprint density at radius 1 is 1.47 bits per heavy atom. The molecule has 0 aromatic heterocycles. The summed E-state index contributed by atoms with van der Waals surface area (Å²) in [6.07, 6.45) is -1.17. The number of hydrogen-bond donors (Lipinski definition) is 2. The largest absolute Gasteiger partial charge is 0.444 e. The summed E-state index contributed by atoms with van der Waals surface area (Å²) in [6, 6.07) is 3.90. The van der Waals surface area contributed by atoms with Gasteiger partial charge < -0.3 is 15.2 Å². The lowest BCUT2D eigenvalue weighted by Gasteiger charge is -2.23. The number of aliphatic hydroxyl groups excluding tert-OH is 1. The third kappa shape index (κ3) is 3.04. The van der Waals surface area contributed by atoms with E-state index in [1.807, 2.05) is 0 Å². The number of aliphatic hydroxyl groups is 1. The van der Waals surface area contributed by atoms with Crippen molar-refractivity contribution < 1.29 is 19.0 Å². The Bertz CT molecular complexity index is 496. The van der Waals surface area contributed by atoms with E-state index in [2.05, 4.69) is 5.32 Å². The number of carbonyl (C=O) groups is 1. The summed E-state index contributed by atoms with van der Waals surface area (Å²) in [5.74, 6) is -0.421. The van der Waals surface area contributed by atoms with Crippen LogP contribution in [0.25, 0.3) is 0 Å². The van der Waals surface area contributed by atoms with Crippen LogP contribution in [0.1, 0.15) is 37.9 Å². The average molecular weight is 267 g/mol. The molecule has 0 fully saturated rings. The topological polar surface area (TPSA) is 58.6 Å². The zero-order chi connectivity index (χ0) is 14.2. The van der Waals surface area contributed by atoms with Gasteiger partial charge in [0, 0.05) is 12.0 Å². The fourth-order valence-electron chi connectivity index (χ4n) is 2.25. The summed E-state index contributed by atoms with van der Waals surface area (Å²) in [5, 5.41) is 12.5. The van der Waals surface area contributed by atoms with Crippen molar-refractivity contribution in [3.8, 4) is 0 Å². The summed E-state index contributed by atoms with van der Waals surface area (Å²) in [5.41, 5.74) is 0.431. The zero-order valence-electron chi connectivity index (χ0n) is 11.2. The second kappa shape index (κ2) is 4.81. The Balaban J connectivity index is 2.16. The molecular weight excluding hydrogens is 249 g/mol. The highest BCUT2D eigenvalue weighted by atomic mass is 19.1. The van der Waals surface area contributed by atoms with Crippen LogP contribution in [0.2, 0.25) is 0 Å². The lowest BCUT2D eigenvalue weighted by atomic mass is 10.1. The van der Waals surface area contributed by atoms with Gasteiger partial charge in [-0.25, -0.2) is 9.18 Å². The van der Waals surface area contributed by atoms with E-state index >= 15 is 0 Å². The number of fused-ring (bicyclic) bond motifs is 1. The SMILES string of the molecule is CC(C)(C)OC(=O)N[C@@H]1c2c(F)cccc2C[C@@H]1O. The van der Waals surface area contributed by atoms with Crippen LogP contribution in [0.3, 0.4) is 0 Å². The molecule has 0 bridgehead atoms. The maximum Gasteiger partial charge on any atom is 0.408 e. The van der Waals surface area contributed by atoms with Crippen LogP contribution in [-0.4, -0.2) is 22.9 Å². The Kier molecular flexibility index (Phi) is 3.49. The molecule has 0 heterocycles. The number of alkyl carbamates (subject to hydrolysis) is 1. The van der Waals surface area contributed by atoms with Crippen LogP contribution < -0.4 is 5.32 Å². The minimum atomic E-state index is -0.834. The third-order valence-corrected chi connectivity index (χ3v) is 2.94. The number of rotatable bonds is 1. The standard InChI is InChI=1S/C14H18FNO3/c1-14(2,3)19-13(18)16-12-10(17)7-8-5-4-6-9(15)11(8)12/h4-6,10,12,17H,7H2,1-3H3,(H,16,18)/t10-,12-/m0/s1. The van der Waals surface area contributed by atoms with Crippen molar-refractivity contribution in [2.75, 3.05) is 0 Å². The van der Waals surface area contributed by atoms with Gasteiger partial charge in [-0.15, -0.1) is 0 Å². The molecule has 1 amide bonds. The maximum atomic E-state index is 13.8. The second-order valence-corrected chi connectivity index (χ2v) is 5.71. The average Bonchev–Trinajstić information content (AvgIpc) is 2.54. The van der Waals surface area contributed by atoms with Gasteiger partial charge in [0.1, 0.15) is 11.4 Å². The third-order valence-electron chi connectivity index (χ3n) is 2.94. The molecule has 0 radical (unpaired) electrons. The van der Waals surface area contributed by atoms with Gasteiger partial charge in [-0.2, -0.15) is 0 Å². The van der Waals surface area contributed by atoms with Crippen molar-refractivity contribution in [3.05, 3.63) is 35.1 Å². The van der Waals surface area contributed by atoms with Gasteiger partial charge in [0.2, 0.25) is 0 Å². The Hall–Kier alpha value is -1.62. The summed E-state index contributed by atoms with van der Waals surface area (Å²) < 4.78 is 18.9. The predicted octanol–water partition coefficient (Wildman–Crippen LogP) is 2.31. The Morgan fingerprint density at radius 3 is 2.79 bits per heavy atom. The first-order chi connectivity index (χ1) is 8.78. The van der Waals surface area contributed by atoms with Crippen LogP contribution in [0, 0.1) is 5.82 Å². The summed E-state index contributed by atoms with van der Waals surface area (Å²) >= 11 is 0. The molecule has 0 unspecified atom stereocenters. The van der Waals surface area contributed by atoms with Crippen molar-refractivity contribution in [2.45, 2.75) is 44.9 Å². The molecule has 2 atom stereocenters. The molecule has 1 aromatic carbocycles. The number of carbonyl (C=O) groups excluding carboxylic acids is 1. The lowest BCUT2D eigenvalue weighted by Crippen LogP contribution is -2.38. The number of nitrogens with one attached hydrogen (secondary N) is 1. The first-order valence-electron chi connectivity index (χ1n) is 6.23. The van der Waals surface area contributed by atoms with Crippen LogP contribution in [0.4, 0.5) is 9.18 Å². The predicted molar refractivity (Wildman–Crippen MR) is 68.2 cm³/mol. The molecule has 0 saturated carbocycles. The molecule has 1 aliphatic carbocycles. The maximum absolute atomic E-state index is 13.8. The molecule has 0 saturated heterocycles. The van der Waals surface area contributed by atoms with Gasteiger partial charge in [0.15, 0.2) is 0 Å². The fourth-order valence-corrected chi connectivity index (χ4v) is 2.25. The molecule has 19 heavy (non-hydrogen) atoms. The molecule has 1 aliphatic rings. The monoisotopic (exact) mass is 267 g/mol. The molecule has 0 aliphatic heterocycles. The van der Waals surface area contributed by atoms with Crippen LogP contribution in [-0.2, 0) is 11.2 Å². The smallest absolute Gasteiger partial charge is 0.408 e. The summed E-state index contributed by atoms with van der Waals surface area (Å²) in [4.78, 5) is 11.7. The van der Waals surface area contributed by atoms with E-state index in [0.717, 1.165) is 0 Å². The molecule has 2 N–H and O–H groups in total. The number of benzene rings is 1. The van der Waals surface area contributed by atoms with Gasteiger partial charge in [-0.3, -0.25) is 0 Å². The lowest BCUT2D eigenvalue weighted by molar-refractivity contribution is 0.0436. The van der Waals surface area contributed by atoms with E-state index < -0.39 is 29.7 Å². The van der Waals surface area contributed by atoms with E-state index in [1.165, 1.54) is 6.07 Å². The molecule has 104 valence electrons. The van der Waals surface area contributed by atoms with Crippen LogP contribution in [0.5, 0.6) is 0 Å². The van der Waals surface area contributed by atoms with E-state index in [4.69, 9.17) is 4.74 Å². The van der Waals surface area contributed by atoms with Gasteiger partial charge >= 0.3 is 6.09 Å². The molecule has 5 heteroatoms. The molecule has 4 nitrogen and oxygen atoms in total. The minimum absolute atomic E-state index is 0.327. The van der Waals surface area contributed by atoms with Crippen molar-refractivity contribution in [1.29, 1.82) is 0 Å². The molecule has 0 spiro atoms.